The minimum absolute atomic E-state index is 0.0408. The van der Waals surface area contributed by atoms with E-state index in [1.807, 2.05) is 0 Å². The maximum atomic E-state index is 7.13. The van der Waals surface area contributed by atoms with Gasteiger partial charge in [0.15, 0.2) is 0 Å². The molecular weight excluding hydrogens is 168 g/mol. The van der Waals surface area contributed by atoms with Crippen LogP contribution in [0.25, 0.3) is 0 Å². The number of rotatable bonds is 4. The van der Waals surface area contributed by atoms with Gasteiger partial charge in [0.1, 0.15) is 0 Å². The summed E-state index contributed by atoms with van der Waals surface area (Å²) < 4.78 is 0. The molecule has 0 aliphatic rings. The maximum Gasteiger partial charge on any atom is 0.0824 e. The van der Waals surface area contributed by atoms with Crippen molar-refractivity contribution >= 4 is 0 Å². The van der Waals surface area contributed by atoms with E-state index >= 15 is 0 Å². The first kappa shape index (κ1) is 13.1. The molecule has 0 heteroatoms. The first-order chi connectivity index (χ1) is 6.60. The molecule has 0 aromatic heterocycles. The molecule has 0 fully saturated rings. The highest BCUT2D eigenvalue weighted by atomic mass is 14.1. The van der Waals surface area contributed by atoms with Crippen LogP contribution in [0.1, 0.15) is 47.0 Å². The minimum atomic E-state index is 0.0408. The molecule has 0 rings (SSSR count). The van der Waals surface area contributed by atoms with E-state index in [1.54, 1.807) is 0 Å². The molecule has 2 unspecified atom stereocenters. The molecule has 77 valence electrons. The highest BCUT2D eigenvalue weighted by Crippen LogP contribution is 2.10. The van der Waals surface area contributed by atoms with Gasteiger partial charge in [0, 0.05) is 6.42 Å². The Labute approximate surface area is 89.5 Å². The van der Waals surface area contributed by atoms with Crippen LogP contribution in [-0.4, -0.2) is 0 Å². The van der Waals surface area contributed by atoms with Gasteiger partial charge in [-0.15, -0.1) is 5.92 Å². The Balaban J connectivity index is 3.98. The van der Waals surface area contributed by atoms with Gasteiger partial charge in [0.05, 0.1) is 5.92 Å². The third-order valence-electron chi connectivity index (χ3n) is 2.31. The predicted octanol–water partition coefficient (Wildman–Crippen LogP) is 3.68. The van der Waals surface area contributed by atoms with E-state index in [0.717, 1.165) is 12.8 Å². The van der Waals surface area contributed by atoms with Crippen molar-refractivity contribution in [1.82, 2.24) is 0 Å². The summed E-state index contributed by atoms with van der Waals surface area (Å²) >= 11 is 0. The highest BCUT2D eigenvalue weighted by molar-refractivity contribution is 5.13. The highest BCUT2D eigenvalue weighted by Gasteiger charge is 2.03. The molecule has 0 aliphatic heterocycles. The molecule has 2 atom stereocenters. The standard InChI is InChI=1S/C14H21/c1-6-13(5)9-8-10-14(7-2)11-12(3)4/h12-14H,6,9,11H2,1,3-5H3. The molecule has 0 spiro atoms. The van der Waals surface area contributed by atoms with E-state index in [1.165, 1.54) is 6.42 Å². The van der Waals surface area contributed by atoms with Crippen LogP contribution in [0.5, 0.6) is 0 Å². The summed E-state index contributed by atoms with van der Waals surface area (Å²) in [7, 11) is 0. The van der Waals surface area contributed by atoms with Gasteiger partial charge >= 0.3 is 0 Å². The Morgan fingerprint density at radius 1 is 1.21 bits per heavy atom. The monoisotopic (exact) mass is 189 g/mol. The average molecular weight is 189 g/mol. The predicted molar refractivity (Wildman–Crippen MR) is 61.9 cm³/mol. The SMILES string of the molecule is [C]#CC(C#CCC(C)CC)CC(C)C. The van der Waals surface area contributed by atoms with Crippen molar-refractivity contribution in [1.29, 1.82) is 0 Å². The molecule has 0 nitrogen and oxygen atoms in total. The zero-order valence-corrected chi connectivity index (χ0v) is 9.85. The molecule has 0 heterocycles. The third-order valence-corrected chi connectivity index (χ3v) is 2.31. The Kier molecular flexibility index (Phi) is 7.04. The normalized spacial score (nSPS) is 14.0. The lowest BCUT2D eigenvalue weighted by Gasteiger charge is -2.06. The van der Waals surface area contributed by atoms with Crippen LogP contribution in [0.15, 0.2) is 0 Å². The topological polar surface area (TPSA) is 0 Å². The summed E-state index contributed by atoms with van der Waals surface area (Å²) in [6.45, 7) is 8.70. The molecular formula is C14H21. The summed E-state index contributed by atoms with van der Waals surface area (Å²) in [5.74, 6) is 10.1. The van der Waals surface area contributed by atoms with Crippen LogP contribution >= 0.6 is 0 Å². The largest absolute Gasteiger partial charge is 0.102 e. The summed E-state index contributed by atoms with van der Waals surface area (Å²) in [5.41, 5.74) is 0. The van der Waals surface area contributed by atoms with Gasteiger partial charge in [-0.1, -0.05) is 46.0 Å². The van der Waals surface area contributed by atoms with E-state index in [0.29, 0.717) is 11.8 Å². The Hall–Kier alpha value is -0.880. The van der Waals surface area contributed by atoms with Gasteiger partial charge < -0.3 is 0 Å². The van der Waals surface area contributed by atoms with Crippen LogP contribution in [0, 0.1) is 41.9 Å². The van der Waals surface area contributed by atoms with Crippen LogP contribution in [0.2, 0.25) is 0 Å². The lowest BCUT2D eigenvalue weighted by atomic mass is 9.97. The number of hydrogen-bond donors (Lipinski definition) is 0. The van der Waals surface area contributed by atoms with Crippen molar-refractivity contribution < 1.29 is 0 Å². The molecule has 0 saturated heterocycles. The van der Waals surface area contributed by atoms with Crippen molar-refractivity contribution in [3.05, 3.63) is 6.42 Å². The Morgan fingerprint density at radius 3 is 2.29 bits per heavy atom. The molecule has 0 aromatic carbocycles. The molecule has 1 radical (unpaired) electrons. The van der Waals surface area contributed by atoms with E-state index < -0.39 is 0 Å². The van der Waals surface area contributed by atoms with Crippen LogP contribution in [0.3, 0.4) is 0 Å². The van der Waals surface area contributed by atoms with Crippen molar-refractivity contribution in [2.45, 2.75) is 47.0 Å². The molecule has 0 bridgehead atoms. The van der Waals surface area contributed by atoms with Gasteiger partial charge in [0.2, 0.25) is 0 Å². The minimum Gasteiger partial charge on any atom is -0.102 e. The van der Waals surface area contributed by atoms with Crippen molar-refractivity contribution in [3.63, 3.8) is 0 Å². The van der Waals surface area contributed by atoms with Crippen LogP contribution in [-0.2, 0) is 0 Å². The quantitative estimate of drug-likeness (QED) is 0.592. The third kappa shape index (κ3) is 6.62. The molecule has 0 aromatic rings. The lowest BCUT2D eigenvalue weighted by molar-refractivity contribution is 0.548. The summed E-state index contributed by atoms with van der Waals surface area (Å²) in [5, 5.41) is 0. The first-order valence-corrected chi connectivity index (χ1v) is 5.50. The second-order valence-electron chi connectivity index (χ2n) is 4.37. The van der Waals surface area contributed by atoms with E-state index in [-0.39, 0.29) is 5.92 Å². The molecule has 0 N–H and O–H groups in total. The number of hydrogen-bond acceptors (Lipinski definition) is 0. The maximum absolute atomic E-state index is 7.13. The summed E-state index contributed by atoms with van der Waals surface area (Å²) in [6, 6.07) is 0. The second kappa shape index (κ2) is 7.52. The van der Waals surface area contributed by atoms with Gasteiger partial charge in [-0.25, -0.2) is 0 Å². The van der Waals surface area contributed by atoms with E-state index in [2.05, 4.69) is 45.5 Å². The van der Waals surface area contributed by atoms with Crippen molar-refractivity contribution in [3.8, 4) is 17.8 Å². The molecule has 0 saturated carbocycles. The van der Waals surface area contributed by atoms with Crippen molar-refractivity contribution in [2.75, 3.05) is 0 Å². The second-order valence-corrected chi connectivity index (χ2v) is 4.37. The first-order valence-electron chi connectivity index (χ1n) is 5.50. The Bertz CT molecular complexity index is 231. The molecule has 0 aliphatic carbocycles. The lowest BCUT2D eigenvalue weighted by Crippen LogP contribution is -1.99. The smallest absolute Gasteiger partial charge is 0.0824 e. The Morgan fingerprint density at radius 2 is 1.86 bits per heavy atom. The molecule has 14 heavy (non-hydrogen) atoms. The fourth-order valence-electron chi connectivity index (χ4n) is 1.13. The van der Waals surface area contributed by atoms with Crippen molar-refractivity contribution in [2.24, 2.45) is 17.8 Å². The van der Waals surface area contributed by atoms with Crippen LogP contribution < -0.4 is 0 Å². The van der Waals surface area contributed by atoms with Gasteiger partial charge in [-0.2, -0.15) is 0 Å². The van der Waals surface area contributed by atoms with Crippen LogP contribution in [0.4, 0.5) is 0 Å². The fourth-order valence-corrected chi connectivity index (χ4v) is 1.13. The molecule has 0 amide bonds. The summed E-state index contributed by atoms with van der Waals surface area (Å²) in [4.78, 5) is 0. The zero-order valence-electron chi connectivity index (χ0n) is 9.85. The fraction of sp³-hybridized carbons (Fsp3) is 0.714. The van der Waals surface area contributed by atoms with E-state index in [4.69, 9.17) is 6.42 Å². The van der Waals surface area contributed by atoms with E-state index in [9.17, 15) is 0 Å². The zero-order chi connectivity index (χ0) is 11.0. The summed E-state index contributed by atoms with van der Waals surface area (Å²) in [6.07, 6.45) is 10.2. The van der Waals surface area contributed by atoms with Gasteiger partial charge in [0.25, 0.3) is 0 Å². The van der Waals surface area contributed by atoms with Gasteiger partial charge in [-0.05, 0) is 24.7 Å². The average Bonchev–Trinajstić information content (AvgIpc) is 2.15. The van der Waals surface area contributed by atoms with Gasteiger partial charge in [-0.3, -0.25) is 0 Å².